The summed E-state index contributed by atoms with van der Waals surface area (Å²) in [6.45, 7) is 1.42. The molecule has 2 unspecified atom stereocenters. The minimum atomic E-state index is -1.24. The minimum absolute atomic E-state index is 0.104. The van der Waals surface area contributed by atoms with Crippen molar-refractivity contribution >= 4 is 23.0 Å². The van der Waals surface area contributed by atoms with Crippen LogP contribution in [0.2, 0.25) is 0 Å². The van der Waals surface area contributed by atoms with E-state index in [9.17, 15) is 19.8 Å². The lowest BCUT2D eigenvalue weighted by molar-refractivity contribution is -0.121. The lowest BCUT2D eigenvalue weighted by Crippen LogP contribution is -2.25. The Balaban J connectivity index is 2.75. The number of nitrogens with two attached hydrogens (primary N) is 1. The van der Waals surface area contributed by atoms with Gasteiger partial charge in [0.2, 0.25) is 5.91 Å². The molecular weight excluding hydrogens is 230 g/mol. The standard InChI is InChI=1S/C10H13NO4S/c1-5(12)7-2-3-8(16-7)10(15)6(13)4-9(11)14/h2-3,6,10,13,15H,4H2,1H3,(H2,11,14). The molecule has 1 aromatic rings. The first kappa shape index (κ1) is 12.8. The van der Waals surface area contributed by atoms with Crippen LogP contribution in [0.3, 0.4) is 0 Å². The van der Waals surface area contributed by atoms with Gasteiger partial charge in [0.1, 0.15) is 6.10 Å². The summed E-state index contributed by atoms with van der Waals surface area (Å²) in [6, 6.07) is 3.12. The lowest BCUT2D eigenvalue weighted by Gasteiger charge is -2.14. The summed E-state index contributed by atoms with van der Waals surface area (Å²) in [5.41, 5.74) is 4.90. The Morgan fingerprint density at radius 3 is 2.50 bits per heavy atom. The van der Waals surface area contributed by atoms with Gasteiger partial charge < -0.3 is 15.9 Å². The second kappa shape index (κ2) is 5.20. The van der Waals surface area contributed by atoms with Crippen molar-refractivity contribution in [2.45, 2.75) is 25.6 Å². The van der Waals surface area contributed by atoms with Gasteiger partial charge in [0, 0.05) is 4.88 Å². The third-order valence-corrected chi connectivity index (χ3v) is 3.30. The molecule has 6 heteroatoms. The maximum atomic E-state index is 11.0. The number of carbonyl (C=O) groups excluding carboxylic acids is 2. The van der Waals surface area contributed by atoms with Crippen molar-refractivity contribution in [3.8, 4) is 0 Å². The lowest BCUT2D eigenvalue weighted by atomic mass is 10.1. The molecule has 0 fully saturated rings. The quantitative estimate of drug-likeness (QED) is 0.644. The van der Waals surface area contributed by atoms with E-state index in [2.05, 4.69) is 0 Å². The van der Waals surface area contributed by atoms with Crippen molar-refractivity contribution in [1.82, 2.24) is 0 Å². The van der Waals surface area contributed by atoms with Crippen LogP contribution in [-0.4, -0.2) is 28.0 Å². The highest BCUT2D eigenvalue weighted by atomic mass is 32.1. The van der Waals surface area contributed by atoms with Gasteiger partial charge in [-0.3, -0.25) is 9.59 Å². The van der Waals surface area contributed by atoms with Crippen LogP contribution in [-0.2, 0) is 4.79 Å². The molecule has 0 spiro atoms. The zero-order chi connectivity index (χ0) is 12.3. The molecule has 16 heavy (non-hydrogen) atoms. The van der Waals surface area contributed by atoms with E-state index in [0.717, 1.165) is 11.3 Å². The number of carbonyl (C=O) groups is 2. The molecule has 0 radical (unpaired) electrons. The largest absolute Gasteiger partial charge is 0.389 e. The highest BCUT2D eigenvalue weighted by Gasteiger charge is 2.22. The normalized spacial score (nSPS) is 14.4. The molecule has 0 aliphatic carbocycles. The molecule has 2 atom stereocenters. The fraction of sp³-hybridized carbons (Fsp3) is 0.400. The summed E-state index contributed by atoms with van der Waals surface area (Å²) in [4.78, 5) is 22.5. The number of primary amides is 1. The summed E-state index contributed by atoms with van der Waals surface area (Å²) in [5.74, 6) is -0.789. The number of aliphatic hydroxyl groups is 2. The Morgan fingerprint density at radius 1 is 1.44 bits per heavy atom. The summed E-state index contributed by atoms with van der Waals surface area (Å²) >= 11 is 1.09. The Labute approximate surface area is 96.5 Å². The number of hydrogen-bond donors (Lipinski definition) is 3. The Morgan fingerprint density at radius 2 is 2.06 bits per heavy atom. The molecule has 1 aromatic heterocycles. The van der Waals surface area contributed by atoms with Gasteiger partial charge in [0.15, 0.2) is 5.78 Å². The summed E-state index contributed by atoms with van der Waals surface area (Å²) in [6.07, 6.45) is -2.74. The molecule has 0 bridgehead atoms. The molecular formula is C10H13NO4S. The highest BCUT2D eigenvalue weighted by Crippen LogP contribution is 2.26. The first-order valence-corrected chi connectivity index (χ1v) is 5.48. The fourth-order valence-corrected chi connectivity index (χ4v) is 2.16. The number of thiophene rings is 1. The molecule has 4 N–H and O–H groups in total. The highest BCUT2D eigenvalue weighted by molar-refractivity contribution is 7.14. The molecule has 0 aliphatic heterocycles. The Hall–Kier alpha value is -1.24. The molecule has 0 aliphatic rings. The summed E-state index contributed by atoms with van der Waals surface area (Å²) in [5, 5.41) is 19.1. The zero-order valence-electron chi connectivity index (χ0n) is 8.71. The number of amides is 1. The van der Waals surface area contributed by atoms with Crippen molar-refractivity contribution in [3.05, 3.63) is 21.9 Å². The van der Waals surface area contributed by atoms with Crippen molar-refractivity contribution in [1.29, 1.82) is 0 Å². The summed E-state index contributed by atoms with van der Waals surface area (Å²) < 4.78 is 0. The molecule has 1 rings (SSSR count). The smallest absolute Gasteiger partial charge is 0.220 e. The molecule has 1 amide bonds. The number of Topliss-reactive ketones (excluding diaryl/α,β-unsaturated/α-hetero) is 1. The van der Waals surface area contributed by atoms with Crippen LogP contribution >= 0.6 is 11.3 Å². The Bertz CT molecular complexity index is 401. The van der Waals surface area contributed by atoms with E-state index in [1.54, 1.807) is 12.1 Å². The van der Waals surface area contributed by atoms with Crippen LogP contribution in [0.1, 0.15) is 34.0 Å². The first-order chi connectivity index (χ1) is 7.41. The van der Waals surface area contributed by atoms with Gasteiger partial charge in [-0.2, -0.15) is 0 Å². The van der Waals surface area contributed by atoms with Crippen molar-refractivity contribution in [3.63, 3.8) is 0 Å². The molecule has 0 saturated carbocycles. The van der Waals surface area contributed by atoms with Crippen LogP contribution in [0, 0.1) is 0 Å². The maximum Gasteiger partial charge on any atom is 0.220 e. The molecule has 1 heterocycles. The first-order valence-electron chi connectivity index (χ1n) is 4.67. The average molecular weight is 243 g/mol. The van der Waals surface area contributed by atoms with Crippen LogP contribution < -0.4 is 5.73 Å². The van der Waals surface area contributed by atoms with Crippen LogP contribution in [0.4, 0.5) is 0 Å². The van der Waals surface area contributed by atoms with Gasteiger partial charge in [0.05, 0.1) is 17.4 Å². The van der Waals surface area contributed by atoms with Crippen LogP contribution in [0.15, 0.2) is 12.1 Å². The van der Waals surface area contributed by atoms with Gasteiger partial charge in [-0.05, 0) is 19.1 Å². The van der Waals surface area contributed by atoms with E-state index in [-0.39, 0.29) is 12.2 Å². The summed E-state index contributed by atoms with van der Waals surface area (Å²) in [7, 11) is 0. The van der Waals surface area contributed by atoms with Gasteiger partial charge in [-0.1, -0.05) is 0 Å². The van der Waals surface area contributed by atoms with Gasteiger partial charge >= 0.3 is 0 Å². The van der Waals surface area contributed by atoms with Crippen LogP contribution in [0.5, 0.6) is 0 Å². The minimum Gasteiger partial charge on any atom is -0.389 e. The molecule has 0 aromatic carbocycles. The SMILES string of the molecule is CC(=O)c1ccc(C(O)C(O)CC(N)=O)s1. The average Bonchev–Trinajstić information content (AvgIpc) is 2.64. The monoisotopic (exact) mass is 243 g/mol. The third kappa shape index (κ3) is 3.13. The van der Waals surface area contributed by atoms with Crippen molar-refractivity contribution in [2.24, 2.45) is 5.73 Å². The van der Waals surface area contributed by atoms with Gasteiger partial charge in [0.25, 0.3) is 0 Å². The fourth-order valence-electron chi connectivity index (χ4n) is 1.21. The zero-order valence-corrected chi connectivity index (χ0v) is 9.53. The second-order valence-electron chi connectivity index (χ2n) is 3.44. The predicted octanol–water partition coefficient (Wildman–Crippen LogP) is 0.220. The maximum absolute atomic E-state index is 11.0. The van der Waals surface area contributed by atoms with E-state index >= 15 is 0 Å². The van der Waals surface area contributed by atoms with E-state index in [0.29, 0.717) is 9.75 Å². The van der Waals surface area contributed by atoms with Crippen molar-refractivity contribution in [2.75, 3.05) is 0 Å². The van der Waals surface area contributed by atoms with E-state index in [4.69, 9.17) is 5.73 Å². The Kier molecular flexibility index (Phi) is 4.17. The predicted molar refractivity (Wildman–Crippen MR) is 59.1 cm³/mol. The van der Waals surface area contributed by atoms with E-state index in [1.165, 1.54) is 6.92 Å². The molecule has 88 valence electrons. The molecule has 5 nitrogen and oxygen atoms in total. The number of ketones is 1. The third-order valence-electron chi connectivity index (χ3n) is 2.04. The topological polar surface area (TPSA) is 101 Å². The van der Waals surface area contributed by atoms with Gasteiger partial charge in [-0.25, -0.2) is 0 Å². The van der Waals surface area contributed by atoms with Gasteiger partial charge in [-0.15, -0.1) is 11.3 Å². The number of rotatable bonds is 5. The second-order valence-corrected chi connectivity index (χ2v) is 4.56. The number of aliphatic hydroxyl groups excluding tert-OH is 2. The van der Waals surface area contributed by atoms with E-state index in [1.807, 2.05) is 0 Å². The van der Waals surface area contributed by atoms with E-state index < -0.39 is 18.1 Å². The number of hydrogen-bond acceptors (Lipinski definition) is 5. The van der Waals surface area contributed by atoms with Crippen molar-refractivity contribution < 1.29 is 19.8 Å². The molecule has 0 saturated heterocycles. The van der Waals surface area contributed by atoms with Crippen LogP contribution in [0.25, 0.3) is 0 Å².